The van der Waals surface area contributed by atoms with Crippen molar-refractivity contribution in [3.05, 3.63) is 0 Å². The van der Waals surface area contributed by atoms with E-state index in [0.29, 0.717) is 0 Å². The topological polar surface area (TPSA) is 35.5 Å². The van der Waals surface area contributed by atoms with Crippen LogP contribution in [0.2, 0.25) is 0 Å². The van der Waals surface area contributed by atoms with Gasteiger partial charge in [0.15, 0.2) is 0 Å². The van der Waals surface area contributed by atoms with Gasteiger partial charge >= 0.3 is 0 Å². The molecule has 52 valence electrons. The van der Waals surface area contributed by atoms with Gasteiger partial charge < -0.3 is 10.4 Å². The van der Waals surface area contributed by atoms with E-state index in [-0.39, 0.29) is 6.10 Å². The molecule has 2 rings (SSSR count). The zero-order chi connectivity index (χ0) is 6.27. The van der Waals surface area contributed by atoms with Gasteiger partial charge in [0.05, 0.1) is 6.10 Å². The first-order valence-electron chi connectivity index (χ1n) is 3.49. The number of β-amino-alcohol motifs (C(OH)–C–C–N with tert-alkyl or cyclic N) is 1. The zero-order valence-corrected chi connectivity index (χ0v) is 5.38. The molecule has 2 fully saturated rings. The Morgan fingerprint density at radius 1 is 1.33 bits per heavy atom. The molecule has 0 unspecified atom stereocenters. The summed E-state index contributed by atoms with van der Waals surface area (Å²) >= 11 is 0. The van der Waals surface area contributed by atoms with E-state index in [1.54, 1.807) is 0 Å². The van der Waals surface area contributed by atoms with Gasteiger partial charge in [-0.1, -0.05) is 0 Å². The number of aliphatic hydroxyl groups excluding tert-OH is 1. The summed E-state index contributed by atoms with van der Waals surface area (Å²) in [6.45, 7) is 4.03. The van der Waals surface area contributed by atoms with Gasteiger partial charge in [-0.15, -0.1) is 0 Å². The quantitative estimate of drug-likeness (QED) is 0.457. The molecule has 9 heavy (non-hydrogen) atoms. The molecule has 0 aromatic heterocycles. The lowest BCUT2D eigenvalue weighted by atomic mass is 10.0. The third-order valence-electron chi connectivity index (χ3n) is 2.17. The molecule has 0 aromatic carbocycles. The van der Waals surface area contributed by atoms with E-state index in [0.717, 1.165) is 32.2 Å². The molecule has 2 heterocycles. The Morgan fingerprint density at radius 2 is 2.00 bits per heavy atom. The van der Waals surface area contributed by atoms with Gasteiger partial charge in [-0.05, 0) is 0 Å². The van der Waals surface area contributed by atoms with Crippen LogP contribution in [0.25, 0.3) is 0 Å². The Balaban J connectivity index is 1.75. The minimum absolute atomic E-state index is 0.0365. The maximum atomic E-state index is 8.92. The fourth-order valence-corrected chi connectivity index (χ4v) is 1.32. The molecule has 2 aliphatic rings. The van der Waals surface area contributed by atoms with E-state index < -0.39 is 0 Å². The number of nitrogens with zero attached hydrogens (tertiary/aromatic N) is 1. The lowest BCUT2D eigenvalue weighted by Crippen LogP contribution is -2.65. The summed E-state index contributed by atoms with van der Waals surface area (Å²) in [5, 5.41) is 12.1. The highest BCUT2D eigenvalue weighted by atomic mass is 16.3. The normalized spacial score (nSPS) is 31.7. The number of likely N-dealkylation sites (tertiary alicyclic amines) is 1. The van der Waals surface area contributed by atoms with Gasteiger partial charge in [0.1, 0.15) is 0 Å². The third kappa shape index (κ3) is 0.852. The highest BCUT2D eigenvalue weighted by molar-refractivity contribution is 4.91. The second kappa shape index (κ2) is 1.94. The fourth-order valence-electron chi connectivity index (χ4n) is 1.32. The molecule has 0 bridgehead atoms. The molecule has 2 saturated heterocycles. The van der Waals surface area contributed by atoms with Gasteiger partial charge in [0.2, 0.25) is 0 Å². The van der Waals surface area contributed by atoms with Crippen LogP contribution in [0.1, 0.15) is 0 Å². The number of hydrogen-bond donors (Lipinski definition) is 2. The second-order valence-corrected chi connectivity index (χ2v) is 2.92. The van der Waals surface area contributed by atoms with Crippen molar-refractivity contribution in [2.45, 2.75) is 12.1 Å². The molecule has 0 spiro atoms. The largest absolute Gasteiger partial charge is 0.390 e. The minimum Gasteiger partial charge on any atom is -0.390 e. The SMILES string of the molecule is OC1CN(C2CNC2)C1. The summed E-state index contributed by atoms with van der Waals surface area (Å²) < 4.78 is 0. The first kappa shape index (κ1) is 5.65. The summed E-state index contributed by atoms with van der Waals surface area (Å²) in [4.78, 5) is 2.32. The van der Waals surface area contributed by atoms with Crippen LogP contribution in [-0.4, -0.2) is 48.3 Å². The van der Waals surface area contributed by atoms with Crippen molar-refractivity contribution >= 4 is 0 Å². The average Bonchev–Trinajstić information content (AvgIpc) is 1.57. The maximum absolute atomic E-state index is 8.92. The van der Waals surface area contributed by atoms with Crippen LogP contribution in [0.4, 0.5) is 0 Å². The lowest BCUT2D eigenvalue weighted by Gasteiger charge is -2.46. The van der Waals surface area contributed by atoms with E-state index in [4.69, 9.17) is 5.11 Å². The van der Waals surface area contributed by atoms with Crippen LogP contribution in [0.5, 0.6) is 0 Å². The molecule has 0 atom stereocenters. The fraction of sp³-hybridized carbons (Fsp3) is 1.00. The van der Waals surface area contributed by atoms with E-state index >= 15 is 0 Å². The average molecular weight is 128 g/mol. The van der Waals surface area contributed by atoms with Gasteiger partial charge in [0, 0.05) is 32.2 Å². The lowest BCUT2D eigenvalue weighted by molar-refractivity contribution is -0.0369. The summed E-state index contributed by atoms with van der Waals surface area (Å²) in [5.74, 6) is 0. The smallest absolute Gasteiger partial charge is 0.0794 e. The summed E-state index contributed by atoms with van der Waals surface area (Å²) in [6, 6.07) is 0.730. The first-order valence-corrected chi connectivity index (χ1v) is 3.49. The van der Waals surface area contributed by atoms with Crippen LogP contribution in [0, 0.1) is 0 Å². The van der Waals surface area contributed by atoms with Gasteiger partial charge in [-0.25, -0.2) is 0 Å². The molecule has 0 radical (unpaired) electrons. The highest BCUT2D eigenvalue weighted by Crippen LogP contribution is 2.14. The van der Waals surface area contributed by atoms with E-state index in [1.165, 1.54) is 0 Å². The molecule has 3 nitrogen and oxygen atoms in total. The molecule has 2 N–H and O–H groups in total. The molecule has 0 amide bonds. The van der Waals surface area contributed by atoms with Crippen molar-refractivity contribution in [3.63, 3.8) is 0 Å². The Hall–Kier alpha value is -0.120. The zero-order valence-electron chi connectivity index (χ0n) is 5.38. The van der Waals surface area contributed by atoms with E-state index in [9.17, 15) is 0 Å². The van der Waals surface area contributed by atoms with Crippen molar-refractivity contribution in [2.75, 3.05) is 26.2 Å². The monoisotopic (exact) mass is 128 g/mol. The van der Waals surface area contributed by atoms with Crippen molar-refractivity contribution < 1.29 is 5.11 Å². The maximum Gasteiger partial charge on any atom is 0.0794 e. The van der Waals surface area contributed by atoms with Crippen LogP contribution in [-0.2, 0) is 0 Å². The predicted octanol–water partition coefficient (Wildman–Crippen LogP) is -1.37. The summed E-state index contributed by atoms with van der Waals surface area (Å²) in [7, 11) is 0. The third-order valence-corrected chi connectivity index (χ3v) is 2.17. The minimum atomic E-state index is -0.0365. The first-order chi connectivity index (χ1) is 4.36. The van der Waals surface area contributed by atoms with Gasteiger partial charge in [0.25, 0.3) is 0 Å². The van der Waals surface area contributed by atoms with Gasteiger partial charge in [-0.3, -0.25) is 4.90 Å². The van der Waals surface area contributed by atoms with Crippen LogP contribution >= 0.6 is 0 Å². The Labute approximate surface area is 54.7 Å². The molecule has 3 heteroatoms. The predicted molar refractivity (Wildman–Crippen MR) is 34.2 cm³/mol. The number of aliphatic hydroxyl groups is 1. The van der Waals surface area contributed by atoms with Crippen LogP contribution < -0.4 is 5.32 Å². The molecule has 0 saturated carbocycles. The van der Waals surface area contributed by atoms with E-state index in [2.05, 4.69) is 10.2 Å². The number of nitrogens with one attached hydrogen (secondary N) is 1. The van der Waals surface area contributed by atoms with Crippen molar-refractivity contribution in [1.82, 2.24) is 10.2 Å². The number of hydrogen-bond acceptors (Lipinski definition) is 3. The molecule has 0 aromatic rings. The Bertz CT molecular complexity index is 108. The van der Waals surface area contributed by atoms with Gasteiger partial charge in [-0.2, -0.15) is 0 Å². The summed E-state index contributed by atoms with van der Waals surface area (Å²) in [6.07, 6.45) is -0.0365. The molecular weight excluding hydrogens is 116 g/mol. The standard InChI is InChI=1S/C6H12N2O/c9-6-3-8(4-6)5-1-7-2-5/h5-7,9H,1-4H2. The van der Waals surface area contributed by atoms with Crippen LogP contribution in [0.15, 0.2) is 0 Å². The van der Waals surface area contributed by atoms with Crippen molar-refractivity contribution in [3.8, 4) is 0 Å². The molecule has 2 aliphatic heterocycles. The van der Waals surface area contributed by atoms with Crippen molar-refractivity contribution in [1.29, 1.82) is 0 Å². The van der Waals surface area contributed by atoms with Crippen molar-refractivity contribution in [2.24, 2.45) is 0 Å². The number of rotatable bonds is 1. The molecule has 0 aliphatic carbocycles. The highest BCUT2D eigenvalue weighted by Gasteiger charge is 2.33. The molecular formula is C6H12N2O. The second-order valence-electron chi connectivity index (χ2n) is 2.92. The summed E-state index contributed by atoms with van der Waals surface area (Å²) in [5.41, 5.74) is 0. The Morgan fingerprint density at radius 3 is 2.33 bits per heavy atom. The Kier molecular flexibility index (Phi) is 1.22. The van der Waals surface area contributed by atoms with Crippen LogP contribution in [0.3, 0.4) is 0 Å². The van der Waals surface area contributed by atoms with E-state index in [1.807, 2.05) is 0 Å².